The molecule has 4 heteroatoms. The van der Waals surface area contributed by atoms with Crippen LogP contribution in [0.4, 0.5) is 0 Å². The van der Waals surface area contributed by atoms with Gasteiger partial charge in [-0.1, -0.05) is 0 Å². The summed E-state index contributed by atoms with van der Waals surface area (Å²) in [6.07, 6.45) is 3.60. The van der Waals surface area contributed by atoms with Crippen LogP contribution in [0.15, 0.2) is 4.99 Å². The second-order valence-corrected chi connectivity index (χ2v) is 4.26. The Balaban J connectivity index is 2.00. The maximum absolute atomic E-state index is 5.65. The van der Waals surface area contributed by atoms with Crippen LogP contribution in [0, 0.1) is 0 Å². The number of hydrogen-bond donors (Lipinski definition) is 2. The molecule has 0 amide bonds. The zero-order valence-corrected chi connectivity index (χ0v) is 8.21. The molecule has 2 heterocycles. The molecule has 0 aliphatic carbocycles. The minimum absolute atomic E-state index is 0.189. The summed E-state index contributed by atoms with van der Waals surface area (Å²) in [6.45, 7) is 3.21. The van der Waals surface area contributed by atoms with Crippen molar-refractivity contribution in [2.75, 3.05) is 26.7 Å². The number of rotatable bonds is 0. The molecule has 0 aromatic heterocycles. The third-order valence-electron chi connectivity index (χ3n) is 3.11. The molecular weight excluding hydrogens is 164 g/mol. The fourth-order valence-corrected chi connectivity index (χ4v) is 2.20. The molecule has 1 fully saturated rings. The van der Waals surface area contributed by atoms with Crippen molar-refractivity contribution in [3.63, 3.8) is 0 Å². The summed E-state index contributed by atoms with van der Waals surface area (Å²) < 4.78 is 0. The number of likely N-dealkylation sites (tertiary alicyclic amines) is 1. The highest BCUT2D eigenvalue weighted by atomic mass is 15.2. The van der Waals surface area contributed by atoms with Crippen LogP contribution >= 0.6 is 0 Å². The first-order valence-corrected chi connectivity index (χ1v) is 4.97. The van der Waals surface area contributed by atoms with Gasteiger partial charge in [0.15, 0.2) is 5.96 Å². The summed E-state index contributed by atoms with van der Waals surface area (Å²) in [5, 5.41) is 3.33. The van der Waals surface area contributed by atoms with Gasteiger partial charge in [-0.05, 0) is 32.9 Å². The number of nitrogens with one attached hydrogen (secondary N) is 1. The van der Waals surface area contributed by atoms with E-state index >= 15 is 0 Å². The van der Waals surface area contributed by atoms with Crippen molar-refractivity contribution in [2.24, 2.45) is 10.7 Å². The van der Waals surface area contributed by atoms with E-state index in [0.29, 0.717) is 5.96 Å². The lowest BCUT2D eigenvalue weighted by Crippen LogP contribution is -2.48. The van der Waals surface area contributed by atoms with Gasteiger partial charge in [0.1, 0.15) is 0 Å². The van der Waals surface area contributed by atoms with E-state index in [4.69, 9.17) is 5.73 Å². The molecule has 0 bridgehead atoms. The predicted molar refractivity (Wildman–Crippen MR) is 53.7 cm³/mol. The lowest BCUT2D eigenvalue weighted by Gasteiger charge is -2.27. The van der Waals surface area contributed by atoms with Gasteiger partial charge < -0.3 is 16.0 Å². The monoisotopic (exact) mass is 182 g/mol. The normalized spacial score (nSPS) is 35.6. The summed E-state index contributed by atoms with van der Waals surface area (Å²) in [4.78, 5) is 6.62. The highest BCUT2D eigenvalue weighted by Crippen LogP contribution is 2.24. The molecule has 2 rings (SSSR count). The van der Waals surface area contributed by atoms with E-state index in [1.165, 1.54) is 19.4 Å². The molecule has 4 nitrogen and oxygen atoms in total. The molecule has 0 aromatic carbocycles. The third-order valence-corrected chi connectivity index (χ3v) is 3.11. The second kappa shape index (κ2) is 3.18. The van der Waals surface area contributed by atoms with Crippen LogP contribution in [0.1, 0.15) is 19.3 Å². The van der Waals surface area contributed by atoms with Crippen molar-refractivity contribution >= 4 is 5.96 Å². The Morgan fingerprint density at radius 2 is 2.31 bits per heavy atom. The lowest BCUT2D eigenvalue weighted by atomic mass is 9.92. The summed E-state index contributed by atoms with van der Waals surface area (Å²) in [7, 11) is 2.18. The van der Waals surface area contributed by atoms with Crippen molar-refractivity contribution in [2.45, 2.75) is 24.8 Å². The molecule has 1 unspecified atom stereocenters. The van der Waals surface area contributed by atoms with Gasteiger partial charge >= 0.3 is 0 Å². The van der Waals surface area contributed by atoms with E-state index in [2.05, 4.69) is 22.3 Å². The van der Waals surface area contributed by atoms with Crippen LogP contribution in [-0.4, -0.2) is 43.1 Å². The van der Waals surface area contributed by atoms with Crippen molar-refractivity contribution in [3.05, 3.63) is 0 Å². The fourth-order valence-electron chi connectivity index (χ4n) is 2.20. The lowest BCUT2D eigenvalue weighted by molar-refractivity contribution is 0.323. The zero-order chi connectivity index (χ0) is 9.31. The van der Waals surface area contributed by atoms with E-state index < -0.39 is 0 Å². The smallest absolute Gasteiger partial charge is 0.189 e. The van der Waals surface area contributed by atoms with Crippen molar-refractivity contribution in [3.8, 4) is 0 Å². The van der Waals surface area contributed by atoms with Crippen LogP contribution in [0.2, 0.25) is 0 Å². The van der Waals surface area contributed by atoms with Gasteiger partial charge in [-0.15, -0.1) is 0 Å². The Hall–Kier alpha value is -0.770. The van der Waals surface area contributed by atoms with Gasteiger partial charge in [0, 0.05) is 6.54 Å². The highest BCUT2D eigenvalue weighted by Gasteiger charge is 2.35. The Kier molecular flexibility index (Phi) is 2.15. The molecule has 74 valence electrons. The molecule has 1 saturated heterocycles. The first kappa shape index (κ1) is 8.81. The predicted octanol–water partition coefficient (Wildman–Crippen LogP) is -0.241. The van der Waals surface area contributed by atoms with E-state index in [-0.39, 0.29) is 5.54 Å². The summed E-state index contributed by atoms with van der Waals surface area (Å²) in [6, 6.07) is 0. The van der Waals surface area contributed by atoms with Gasteiger partial charge in [-0.3, -0.25) is 4.99 Å². The standard InChI is InChI=1S/C9H18N4/c1-13-5-2-3-9(4-6-13)7-11-8(10)12-9/h2-7H2,1H3,(H3,10,11,12). The number of hydrogen-bond acceptors (Lipinski definition) is 4. The van der Waals surface area contributed by atoms with Gasteiger partial charge in [-0.2, -0.15) is 0 Å². The van der Waals surface area contributed by atoms with E-state index in [9.17, 15) is 0 Å². The number of nitrogens with two attached hydrogens (primary N) is 1. The Morgan fingerprint density at radius 3 is 3.00 bits per heavy atom. The number of nitrogens with zero attached hydrogens (tertiary/aromatic N) is 2. The van der Waals surface area contributed by atoms with Crippen molar-refractivity contribution in [1.29, 1.82) is 0 Å². The van der Waals surface area contributed by atoms with E-state index in [0.717, 1.165) is 19.5 Å². The Labute approximate surface area is 79.2 Å². The molecule has 3 N–H and O–H groups in total. The molecule has 13 heavy (non-hydrogen) atoms. The minimum atomic E-state index is 0.189. The summed E-state index contributed by atoms with van der Waals surface area (Å²) >= 11 is 0. The maximum Gasteiger partial charge on any atom is 0.189 e. The van der Waals surface area contributed by atoms with Crippen LogP contribution in [0.3, 0.4) is 0 Å². The zero-order valence-electron chi connectivity index (χ0n) is 8.21. The quantitative estimate of drug-likeness (QED) is 0.543. The van der Waals surface area contributed by atoms with Gasteiger partial charge in [0.25, 0.3) is 0 Å². The van der Waals surface area contributed by atoms with Crippen molar-refractivity contribution < 1.29 is 0 Å². The first-order chi connectivity index (χ1) is 6.20. The third kappa shape index (κ3) is 1.77. The number of guanidine groups is 1. The molecule has 1 atom stereocenters. The molecular formula is C9H18N4. The largest absolute Gasteiger partial charge is 0.370 e. The van der Waals surface area contributed by atoms with E-state index in [1.54, 1.807) is 0 Å². The first-order valence-electron chi connectivity index (χ1n) is 4.97. The van der Waals surface area contributed by atoms with Gasteiger partial charge in [0.05, 0.1) is 12.1 Å². The molecule has 0 radical (unpaired) electrons. The summed E-state index contributed by atoms with van der Waals surface area (Å²) in [5.41, 5.74) is 5.84. The van der Waals surface area contributed by atoms with Crippen LogP contribution < -0.4 is 11.1 Å². The van der Waals surface area contributed by atoms with Crippen LogP contribution in [0.5, 0.6) is 0 Å². The topological polar surface area (TPSA) is 53.6 Å². The fraction of sp³-hybridized carbons (Fsp3) is 0.889. The van der Waals surface area contributed by atoms with Gasteiger partial charge in [0.2, 0.25) is 0 Å². The molecule has 0 saturated carbocycles. The Bertz CT molecular complexity index is 226. The maximum atomic E-state index is 5.65. The average Bonchev–Trinajstić information content (AvgIpc) is 2.35. The molecule has 1 spiro atoms. The van der Waals surface area contributed by atoms with E-state index in [1.807, 2.05) is 0 Å². The Morgan fingerprint density at radius 1 is 1.46 bits per heavy atom. The van der Waals surface area contributed by atoms with Crippen molar-refractivity contribution in [1.82, 2.24) is 10.2 Å². The molecule has 2 aliphatic heterocycles. The minimum Gasteiger partial charge on any atom is -0.370 e. The van der Waals surface area contributed by atoms with Gasteiger partial charge in [-0.25, -0.2) is 0 Å². The summed E-state index contributed by atoms with van der Waals surface area (Å²) in [5.74, 6) is 0.629. The SMILES string of the molecule is CN1CCCC2(CC1)CN=C(N)N2. The second-order valence-electron chi connectivity index (χ2n) is 4.26. The van der Waals surface area contributed by atoms with Crippen LogP contribution in [0.25, 0.3) is 0 Å². The van der Waals surface area contributed by atoms with Crippen LogP contribution in [-0.2, 0) is 0 Å². The number of aliphatic imine (C=N–C) groups is 1. The highest BCUT2D eigenvalue weighted by molar-refractivity contribution is 5.80. The molecule has 0 aromatic rings. The average molecular weight is 182 g/mol. The molecule has 2 aliphatic rings.